The van der Waals surface area contributed by atoms with Crippen LogP contribution in [0.3, 0.4) is 0 Å². The number of carbonyl (C=O) groups is 2. The van der Waals surface area contributed by atoms with Crippen LogP contribution in [-0.4, -0.2) is 74.2 Å². The van der Waals surface area contributed by atoms with Gasteiger partial charge in [0.15, 0.2) is 0 Å². The Kier molecular flexibility index (Phi) is 5.79. The number of esters is 1. The van der Waals surface area contributed by atoms with Crippen LogP contribution in [0.2, 0.25) is 0 Å². The van der Waals surface area contributed by atoms with Crippen LogP contribution < -0.4 is 0 Å². The molecule has 2 saturated heterocycles. The van der Waals surface area contributed by atoms with Gasteiger partial charge >= 0.3 is 11.9 Å². The number of amides is 1. The zero-order chi connectivity index (χ0) is 14.4. The van der Waals surface area contributed by atoms with Gasteiger partial charge in [0.2, 0.25) is 0 Å². The zero-order valence-corrected chi connectivity index (χ0v) is 12.2. The van der Waals surface area contributed by atoms with Crippen LogP contribution >= 0.6 is 0 Å². The van der Waals surface area contributed by atoms with E-state index in [4.69, 9.17) is 9.47 Å². The van der Waals surface area contributed by atoms with Gasteiger partial charge in [0.25, 0.3) is 0 Å². The van der Waals surface area contributed by atoms with Gasteiger partial charge in [-0.05, 0) is 25.7 Å². The molecule has 0 bridgehead atoms. The SMILES string of the molecule is CCOC(=O)C(=O)N1CCC(CN2CCOCC2)CC1. The molecule has 2 rings (SSSR count). The molecule has 0 aromatic rings. The second-order valence-corrected chi connectivity index (χ2v) is 5.37. The van der Waals surface area contributed by atoms with E-state index in [1.54, 1.807) is 11.8 Å². The second-order valence-electron chi connectivity index (χ2n) is 5.37. The molecular formula is C14H24N2O4. The Hall–Kier alpha value is -1.14. The van der Waals surface area contributed by atoms with Gasteiger partial charge in [0, 0.05) is 32.7 Å². The summed E-state index contributed by atoms with van der Waals surface area (Å²) in [5.74, 6) is -0.602. The average Bonchev–Trinajstić information content (AvgIpc) is 2.48. The summed E-state index contributed by atoms with van der Waals surface area (Å²) in [4.78, 5) is 27.3. The van der Waals surface area contributed by atoms with Crippen LogP contribution in [0.25, 0.3) is 0 Å². The van der Waals surface area contributed by atoms with E-state index in [1.807, 2.05) is 0 Å². The van der Waals surface area contributed by atoms with Crippen molar-refractivity contribution < 1.29 is 19.1 Å². The summed E-state index contributed by atoms with van der Waals surface area (Å²) in [6, 6.07) is 0. The molecule has 20 heavy (non-hydrogen) atoms. The number of nitrogens with zero attached hydrogens (tertiary/aromatic N) is 2. The number of morpholine rings is 1. The number of hydrogen-bond donors (Lipinski definition) is 0. The van der Waals surface area contributed by atoms with E-state index < -0.39 is 11.9 Å². The van der Waals surface area contributed by atoms with Crippen LogP contribution in [0.15, 0.2) is 0 Å². The minimum Gasteiger partial charge on any atom is -0.459 e. The van der Waals surface area contributed by atoms with Gasteiger partial charge in [-0.25, -0.2) is 4.79 Å². The normalized spacial score (nSPS) is 21.8. The van der Waals surface area contributed by atoms with E-state index in [9.17, 15) is 9.59 Å². The number of hydrogen-bond acceptors (Lipinski definition) is 5. The molecule has 2 fully saturated rings. The first-order valence-corrected chi connectivity index (χ1v) is 7.46. The molecule has 0 saturated carbocycles. The van der Waals surface area contributed by atoms with Crippen molar-refractivity contribution in [3.05, 3.63) is 0 Å². The van der Waals surface area contributed by atoms with Crippen LogP contribution in [0.5, 0.6) is 0 Å². The largest absolute Gasteiger partial charge is 0.459 e. The van der Waals surface area contributed by atoms with Crippen LogP contribution in [-0.2, 0) is 19.1 Å². The minimum absolute atomic E-state index is 0.248. The Labute approximate surface area is 120 Å². The van der Waals surface area contributed by atoms with Crippen molar-refractivity contribution in [2.45, 2.75) is 19.8 Å². The summed E-state index contributed by atoms with van der Waals surface area (Å²) in [6.45, 7) is 7.99. The lowest BCUT2D eigenvalue weighted by Gasteiger charge is -2.35. The summed E-state index contributed by atoms with van der Waals surface area (Å²) < 4.78 is 10.1. The van der Waals surface area contributed by atoms with Gasteiger partial charge in [-0.3, -0.25) is 9.69 Å². The monoisotopic (exact) mass is 284 g/mol. The Morgan fingerprint density at radius 1 is 1.15 bits per heavy atom. The maximum Gasteiger partial charge on any atom is 0.397 e. The van der Waals surface area contributed by atoms with Crippen LogP contribution in [0, 0.1) is 5.92 Å². The highest BCUT2D eigenvalue weighted by Gasteiger charge is 2.28. The van der Waals surface area contributed by atoms with Crippen molar-refractivity contribution in [1.82, 2.24) is 9.80 Å². The maximum absolute atomic E-state index is 11.8. The fourth-order valence-electron chi connectivity index (χ4n) is 2.79. The first-order valence-electron chi connectivity index (χ1n) is 7.46. The fourth-order valence-corrected chi connectivity index (χ4v) is 2.79. The number of rotatable bonds is 3. The highest BCUT2D eigenvalue weighted by atomic mass is 16.5. The predicted molar refractivity (Wildman–Crippen MR) is 73.2 cm³/mol. The molecule has 2 heterocycles. The molecule has 0 aromatic carbocycles. The third kappa shape index (κ3) is 4.18. The Bertz CT molecular complexity index is 334. The first-order chi connectivity index (χ1) is 9.70. The van der Waals surface area contributed by atoms with Crippen molar-refractivity contribution in [3.8, 4) is 0 Å². The molecule has 2 aliphatic heterocycles. The lowest BCUT2D eigenvalue weighted by Crippen LogP contribution is -2.46. The van der Waals surface area contributed by atoms with Gasteiger partial charge in [-0.2, -0.15) is 0 Å². The van der Waals surface area contributed by atoms with E-state index in [2.05, 4.69) is 4.90 Å². The Morgan fingerprint density at radius 2 is 1.80 bits per heavy atom. The van der Waals surface area contributed by atoms with Gasteiger partial charge in [0.05, 0.1) is 19.8 Å². The van der Waals surface area contributed by atoms with E-state index in [0.717, 1.165) is 45.7 Å². The van der Waals surface area contributed by atoms with Crippen LogP contribution in [0.1, 0.15) is 19.8 Å². The molecule has 114 valence electrons. The second kappa shape index (κ2) is 7.59. The third-order valence-electron chi connectivity index (χ3n) is 3.97. The fraction of sp³-hybridized carbons (Fsp3) is 0.857. The maximum atomic E-state index is 11.8. The average molecular weight is 284 g/mol. The molecule has 6 heteroatoms. The lowest BCUT2D eigenvalue weighted by atomic mass is 9.96. The van der Waals surface area contributed by atoms with Gasteiger partial charge in [0.1, 0.15) is 0 Å². The number of piperidine rings is 1. The third-order valence-corrected chi connectivity index (χ3v) is 3.97. The quantitative estimate of drug-likeness (QED) is 0.544. The molecule has 0 N–H and O–H groups in total. The van der Waals surface area contributed by atoms with E-state index >= 15 is 0 Å². The molecule has 0 aliphatic carbocycles. The summed E-state index contributed by atoms with van der Waals surface area (Å²) >= 11 is 0. The highest BCUT2D eigenvalue weighted by Crippen LogP contribution is 2.19. The summed E-state index contributed by atoms with van der Waals surface area (Å²) in [5.41, 5.74) is 0. The number of likely N-dealkylation sites (tertiary alicyclic amines) is 1. The van der Waals surface area contributed by atoms with Crippen molar-refractivity contribution in [2.75, 3.05) is 52.5 Å². The van der Waals surface area contributed by atoms with Gasteiger partial charge in [-0.15, -0.1) is 0 Å². The molecular weight excluding hydrogens is 260 g/mol. The van der Waals surface area contributed by atoms with Crippen molar-refractivity contribution in [3.63, 3.8) is 0 Å². The molecule has 0 aromatic heterocycles. The molecule has 0 radical (unpaired) electrons. The Balaban J connectivity index is 1.71. The van der Waals surface area contributed by atoms with Gasteiger partial charge in [-0.1, -0.05) is 0 Å². The predicted octanol–water partition coefficient (Wildman–Crippen LogP) is 0.120. The van der Waals surface area contributed by atoms with Crippen molar-refractivity contribution in [1.29, 1.82) is 0 Å². The molecule has 0 unspecified atom stereocenters. The summed E-state index contributed by atoms with van der Waals surface area (Å²) in [6.07, 6.45) is 1.92. The first kappa shape index (κ1) is 15.3. The number of ether oxygens (including phenoxy) is 2. The van der Waals surface area contributed by atoms with E-state index in [0.29, 0.717) is 19.0 Å². The standard InChI is InChI=1S/C14H24N2O4/c1-2-20-14(18)13(17)16-5-3-12(4-6-16)11-15-7-9-19-10-8-15/h12H,2-11H2,1H3. The molecule has 1 amide bonds. The molecule has 0 spiro atoms. The molecule has 2 aliphatic rings. The summed E-state index contributed by atoms with van der Waals surface area (Å²) in [7, 11) is 0. The zero-order valence-electron chi connectivity index (χ0n) is 12.2. The topological polar surface area (TPSA) is 59.1 Å². The lowest BCUT2D eigenvalue weighted by molar-refractivity contribution is -0.160. The van der Waals surface area contributed by atoms with Crippen LogP contribution in [0.4, 0.5) is 0 Å². The smallest absolute Gasteiger partial charge is 0.397 e. The van der Waals surface area contributed by atoms with E-state index in [-0.39, 0.29) is 6.61 Å². The minimum atomic E-state index is -0.723. The molecule has 0 atom stereocenters. The highest BCUT2D eigenvalue weighted by molar-refractivity contribution is 6.32. The Morgan fingerprint density at radius 3 is 2.40 bits per heavy atom. The van der Waals surface area contributed by atoms with Crippen molar-refractivity contribution >= 4 is 11.9 Å². The summed E-state index contributed by atoms with van der Waals surface area (Å²) in [5, 5.41) is 0. The van der Waals surface area contributed by atoms with Crippen molar-refractivity contribution in [2.24, 2.45) is 5.92 Å². The van der Waals surface area contributed by atoms with Gasteiger partial charge < -0.3 is 14.4 Å². The van der Waals surface area contributed by atoms with E-state index in [1.165, 1.54) is 0 Å². The molecule has 6 nitrogen and oxygen atoms in total. The number of carbonyl (C=O) groups excluding carboxylic acids is 2.